The maximum Gasteiger partial charge on any atom is 0.186 e. The third-order valence-corrected chi connectivity index (χ3v) is 3.12. The van der Waals surface area contributed by atoms with Crippen LogP contribution in [-0.4, -0.2) is 18.4 Å². The zero-order valence-corrected chi connectivity index (χ0v) is 10.4. The zero-order valence-electron chi connectivity index (χ0n) is 10.4. The van der Waals surface area contributed by atoms with Crippen molar-refractivity contribution < 1.29 is 13.9 Å². The molecule has 0 spiro atoms. The molecule has 1 aromatic carbocycles. The van der Waals surface area contributed by atoms with Crippen LogP contribution in [0.4, 0.5) is 4.39 Å². The smallest absolute Gasteiger partial charge is 0.186 e. The molecule has 0 fully saturated rings. The van der Waals surface area contributed by atoms with Crippen LogP contribution in [0.5, 0.6) is 5.75 Å². The van der Waals surface area contributed by atoms with Gasteiger partial charge in [0.1, 0.15) is 11.6 Å². The molecular weight excluding hydrogens is 221 g/mol. The topological polar surface area (TPSA) is 52.3 Å². The molecule has 0 unspecified atom stereocenters. The minimum absolute atomic E-state index is 0.207. The van der Waals surface area contributed by atoms with Crippen molar-refractivity contribution in [1.29, 1.82) is 0 Å². The van der Waals surface area contributed by atoms with Gasteiger partial charge in [-0.1, -0.05) is 13.8 Å². The normalized spacial score (nSPS) is 11.4. The minimum atomic E-state index is -0.957. The Balaban J connectivity index is 3.23. The van der Waals surface area contributed by atoms with Gasteiger partial charge in [0, 0.05) is 0 Å². The second kappa shape index (κ2) is 5.27. The first kappa shape index (κ1) is 13.6. The number of nitrogens with two attached hydrogens (primary N) is 1. The average Bonchev–Trinajstić information content (AvgIpc) is 2.36. The number of hydrogen-bond acceptors (Lipinski definition) is 3. The van der Waals surface area contributed by atoms with E-state index in [2.05, 4.69) is 0 Å². The molecule has 1 rings (SSSR count). The molecule has 0 aliphatic carbocycles. The molecule has 0 aromatic heterocycles. The van der Waals surface area contributed by atoms with Crippen LogP contribution in [-0.2, 0) is 0 Å². The highest BCUT2D eigenvalue weighted by Gasteiger charge is 2.32. The van der Waals surface area contributed by atoms with Gasteiger partial charge >= 0.3 is 0 Å². The summed E-state index contributed by atoms with van der Waals surface area (Å²) in [6, 6.07) is 3.87. The number of ether oxygens (including phenoxy) is 1. The Morgan fingerprint density at radius 2 is 2.00 bits per heavy atom. The van der Waals surface area contributed by atoms with E-state index in [-0.39, 0.29) is 11.3 Å². The van der Waals surface area contributed by atoms with Gasteiger partial charge in [-0.25, -0.2) is 4.39 Å². The van der Waals surface area contributed by atoms with Crippen molar-refractivity contribution in [1.82, 2.24) is 0 Å². The molecule has 17 heavy (non-hydrogen) atoms. The van der Waals surface area contributed by atoms with E-state index in [9.17, 15) is 9.18 Å². The van der Waals surface area contributed by atoms with Gasteiger partial charge in [0.2, 0.25) is 0 Å². The first-order valence-electron chi connectivity index (χ1n) is 5.65. The Bertz CT molecular complexity index is 414. The SMILES string of the molecule is CCC(N)(CC)C(=O)c1cc(F)ccc1OC. The van der Waals surface area contributed by atoms with Crippen molar-refractivity contribution in [3.8, 4) is 5.75 Å². The van der Waals surface area contributed by atoms with E-state index < -0.39 is 11.4 Å². The fraction of sp³-hybridized carbons (Fsp3) is 0.462. The fourth-order valence-electron chi connectivity index (χ4n) is 1.70. The predicted octanol–water partition coefficient (Wildman–Crippen LogP) is 2.53. The lowest BCUT2D eigenvalue weighted by Crippen LogP contribution is -2.46. The average molecular weight is 239 g/mol. The summed E-state index contributed by atoms with van der Waals surface area (Å²) in [4.78, 5) is 12.3. The molecule has 0 atom stereocenters. The third-order valence-electron chi connectivity index (χ3n) is 3.12. The summed E-state index contributed by atoms with van der Waals surface area (Å²) in [6.07, 6.45) is 1.00. The first-order valence-corrected chi connectivity index (χ1v) is 5.65. The van der Waals surface area contributed by atoms with Crippen molar-refractivity contribution in [2.24, 2.45) is 5.73 Å². The third kappa shape index (κ3) is 2.64. The summed E-state index contributed by atoms with van der Waals surface area (Å²) in [6.45, 7) is 3.68. The number of benzene rings is 1. The number of rotatable bonds is 5. The van der Waals surface area contributed by atoms with Crippen LogP contribution in [0.25, 0.3) is 0 Å². The molecule has 94 valence electrons. The highest BCUT2D eigenvalue weighted by Crippen LogP contribution is 2.26. The van der Waals surface area contributed by atoms with Crippen LogP contribution in [0.2, 0.25) is 0 Å². The summed E-state index contributed by atoms with van der Waals surface area (Å²) in [5, 5.41) is 0. The lowest BCUT2D eigenvalue weighted by Gasteiger charge is -2.25. The van der Waals surface area contributed by atoms with Crippen molar-refractivity contribution in [2.45, 2.75) is 32.2 Å². The number of carbonyl (C=O) groups is 1. The first-order chi connectivity index (χ1) is 7.98. The molecule has 0 saturated carbocycles. The summed E-state index contributed by atoms with van der Waals surface area (Å²) in [7, 11) is 1.44. The van der Waals surface area contributed by atoms with Crippen molar-refractivity contribution in [3.63, 3.8) is 0 Å². The van der Waals surface area contributed by atoms with E-state index in [1.807, 2.05) is 13.8 Å². The Hall–Kier alpha value is -1.42. The van der Waals surface area contributed by atoms with E-state index in [1.165, 1.54) is 25.3 Å². The second-order valence-electron chi connectivity index (χ2n) is 4.04. The Morgan fingerprint density at radius 3 is 2.47 bits per heavy atom. The molecule has 4 heteroatoms. The zero-order chi connectivity index (χ0) is 13.1. The molecule has 0 bridgehead atoms. The van der Waals surface area contributed by atoms with Crippen LogP contribution in [0.3, 0.4) is 0 Å². The van der Waals surface area contributed by atoms with Crippen molar-refractivity contribution in [3.05, 3.63) is 29.6 Å². The highest BCUT2D eigenvalue weighted by atomic mass is 19.1. The number of halogens is 1. The molecule has 3 nitrogen and oxygen atoms in total. The molecule has 0 heterocycles. The number of methoxy groups -OCH3 is 1. The summed E-state index contributed by atoms with van der Waals surface area (Å²) in [5.41, 5.74) is 5.27. The molecule has 0 aliphatic rings. The van der Waals surface area contributed by atoms with Gasteiger partial charge in [0.15, 0.2) is 5.78 Å². The maximum absolute atomic E-state index is 13.2. The van der Waals surface area contributed by atoms with E-state index >= 15 is 0 Å². The van der Waals surface area contributed by atoms with E-state index in [0.29, 0.717) is 18.6 Å². The van der Waals surface area contributed by atoms with Crippen LogP contribution >= 0.6 is 0 Å². The minimum Gasteiger partial charge on any atom is -0.496 e. The van der Waals surface area contributed by atoms with Gasteiger partial charge in [-0.05, 0) is 31.0 Å². The van der Waals surface area contributed by atoms with Crippen LogP contribution in [0, 0.1) is 5.82 Å². The molecular formula is C13H18FNO2. The largest absolute Gasteiger partial charge is 0.496 e. The molecule has 0 amide bonds. The summed E-state index contributed by atoms with van der Waals surface area (Å²) >= 11 is 0. The monoisotopic (exact) mass is 239 g/mol. The number of hydrogen-bond donors (Lipinski definition) is 1. The Labute approximate surface area is 101 Å². The highest BCUT2D eigenvalue weighted by molar-refractivity contribution is 6.05. The fourth-order valence-corrected chi connectivity index (χ4v) is 1.70. The van der Waals surface area contributed by atoms with Gasteiger partial charge in [0.05, 0.1) is 18.2 Å². The summed E-state index contributed by atoms with van der Waals surface area (Å²) < 4.78 is 18.3. The molecule has 1 aromatic rings. The van der Waals surface area contributed by atoms with Gasteiger partial charge in [0.25, 0.3) is 0 Å². The Kier molecular flexibility index (Phi) is 4.23. The predicted molar refractivity (Wildman–Crippen MR) is 64.8 cm³/mol. The molecule has 0 radical (unpaired) electrons. The summed E-state index contributed by atoms with van der Waals surface area (Å²) in [5.74, 6) is -0.393. The molecule has 2 N–H and O–H groups in total. The van der Waals surface area contributed by atoms with Crippen molar-refractivity contribution in [2.75, 3.05) is 7.11 Å². The number of ketones is 1. The lowest BCUT2D eigenvalue weighted by molar-refractivity contribution is 0.0876. The van der Waals surface area contributed by atoms with E-state index in [1.54, 1.807) is 0 Å². The van der Waals surface area contributed by atoms with Gasteiger partial charge in [-0.15, -0.1) is 0 Å². The van der Waals surface area contributed by atoms with E-state index in [4.69, 9.17) is 10.5 Å². The van der Waals surface area contributed by atoms with Crippen LogP contribution in [0.15, 0.2) is 18.2 Å². The second-order valence-corrected chi connectivity index (χ2v) is 4.04. The maximum atomic E-state index is 13.2. The van der Waals surface area contributed by atoms with Crippen molar-refractivity contribution >= 4 is 5.78 Å². The Morgan fingerprint density at radius 1 is 1.41 bits per heavy atom. The van der Waals surface area contributed by atoms with Crippen LogP contribution in [0.1, 0.15) is 37.0 Å². The number of Topliss-reactive ketones (excluding diaryl/α,β-unsaturated/α-hetero) is 1. The van der Waals surface area contributed by atoms with Gasteiger partial charge in [-0.3, -0.25) is 4.79 Å². The lowest BCUT2D eigenvalue weighted by atomic mass is 9.85. The molecule has 0 saturated heterocycles. The molecule has 0 aliphatic heterocycles. The van der Waals surface area contributed by atoms with E-state index in [0.717, 1.165) is 0 Å². The standard InChI is InChI=1S/C13H18FNO2/c1-4-13(15,5-2)12(16)10-8-9(14)6-7-11(10)17-3/h6-8H,4-5,15H2,1-3H3. The number of carbonyl (C=O) groups excluding carboxylic acids is 1. The van der Waals surface area contributed by atoms with Gasteiger partial charge < -0.3 is 10.5 Å². The van der Waals surface area contributed by atoms with Crippen LogP contribution < -0.4 is 10.5 Å². The van der Waals surface area contributed by atoms with Gasteiger partial charge in [-0.2, -0.15) is 0 Å². The quantitative estimate of drug-likeness (QED) is 0.803.